The van der Waals surface area contributed by atoms with Gasteiger partial charge in [-0.1, -0.05) is 64.5 Å². The predicted molar refractivity (Wildman–Crippen MR) is 154 cm³/mol. The van der Waals surface area contributed by atoms with Gasteiger partial charge in [-0.05, 0) is 88.0 Å². The standard InChI is InChI=1S/C30H21BrN2O4/c31-28-13-7-22(8-14-28)1-4-25-19-26(5-2-23-9-15-29(16-10-23)32(34)35)21-27(20-25)6-3-24-11-17-30(18-12-24)33(36)37/h1-21H/b4-1+,5-2+,6-3+. The van der Waals surface area contributed by atoms with E-state index in [1.807, 2.05) is 66.8 Å². The summed E-state index contributed by atoms with van der Waals surface area (Å²) < 4.78 is 1.02. The Morgan fingerprint density at radius 3 is 1.03 bits per heavy atom. The molecule has 0 fully saturated rings. The highest BCUT2D eigenvalue weighted by atomic mass is 79.9. The minimum Gasteiger partial charge on any atom is -0.258 e. The van der Waals surface area contributed by atoms with Crippen LogP contribution in [0.15, 0.2) is 95.5 Å². The Kier molecular flexibility index (Phi) is 8.18. The molecule has 0 bridgehead atoms. The molecule has 0 saturated heterocycles. The van der Waals surface area contributed by atoms with E-state index in [1.54, 1.807) is 24.3 Å². The summed E-state index contributed by atoms with van der Waals surface area (Å²) in [5.74, 6) is 0. The number of hydrogen-bond donors (Lipinski definition) is 0. The van der Waals surface area contributed by atoms with Crippen LogP contribution in [0.4, 0.5) is 11.4 Å². The van der Waals surface area contributed by atoms with E-state index in [0.717, 1.165) is 37.9 Å². The third kappa shape index (κ3) is 7.43. The highest BCUT2D eigenvalue weighted by molar-refractivity contribution is 9.10. The van der Waals surface area contributed by atoms with Gasteiger partial charge in [0.1, 0.15) is 0 Å². The van der Waals surface area contributed by atoms with Crippen LogP contribution in [0, 0.1) is 20.2 Å². The summed E-state index contributed by atoms with van der Waals surface area (Å²) in [6.45, 7) is 0. The molecule has 4 rings (SSSR count). The largest absolute Gasteiger partial charge is 0.269 e. The fourth-order valence-electron chi connectivity index (χ4n) is 3.56. The van der Waals surface area contributed by atoms with E-state index in [9.17, 15) is 20.2 Å². The maximum absolute atomic E-state index is 10.9. The van der Waals surface area contributed by atoms with Crippen LogP contribution in [0.2, 0.25) is 0 Å². The van der Waals surface area contributed by atoms with Crippen molar-refractivity contribution in [3.63, 3.8) is 0 Å². The lowest BCUT2D eigenvalue weighted by Crippen LogP contribution is -1.87. The number of non-ortho nitro benzene ring substituents is 2. The first-order valence-corrected chi connectivity index (χ1v) is 12.1. The molecule has 37 heavy (non-hydrogen) atoms. The van der Waals surface area contributed by atoms with Crippen LogP contribution in [0.5, 0.6) is 0 Å². The van der Waals surface area contributed by atoms with E-state index >= 15 is 0 Å². The van der Waals surface area contributed by atoms with Crippen LogP contribution in [-0.4, -0.2) is 9.85 Å². The van der Waals surface area contributed by atoms with Crippen molar-refractivity contribution >= 4 is 63.8 Å². The molecule has 7 heteroatoms. The lowest BCUT2D eigenvalue weighted by Gasteiger charge is -2.03. The van der Waals surface area contributed by atoms with E-state index < -0.39 is 9.85 Å². The van der Waals surface area contributed by atoms with Gasteiger partial charge in [0.15, 0.2) is 0 Å². The molecule has 0 unspecified atom stereocenters. The van der Waals surface area contributed by atoms with Crippen molar-refractivity contribution in [1.29, 1.82) is 0 Å². The Hall–Kier alpha value is -4.62. The van der Waals surface area contributed by atoms with Gasteiger partial charge in [-0.3, -0.25) is 20.2 Å². The molecular formula is C30H21BrN2O4. The summed E-state index contributed by atoms with van der Waals surface area (Å²) in [4.78, 5) is 21.0. The number of rotatable bonds is 8. The summed E-state index contributed by atoms with van der Waals surface area (Å²) >= 11 is 3.45. The molecule has 0 amide bonds. The van der Waals surface area contributed by atoms with Gasteiger partial charge in [0.2, 0.25) is 0 Å². The Bertz CT molecular complexity index is 1420. The molecule has 4 aromatic carbocycles. The monoisotopic (exact) mass is 552 g/mol. The Morgan fingerprint density at radius 1 is 0.459 bits per heavy atom. The van der Waals surface area contributed by atoms with E-state index in [0.29, 0.717) is 0 Å². The van der Waals surface area contributed by atoms with E-state index in [1.165, 1.54) is 24.3 Å². The Balaban J connectivity index is 1.63. The molecule has 0 saturated carbocycles. The summed E-state index contributed by atoms with van der Waals surface area (Å²) in [6.07, 6.45) is 11.8. The van der Waals surface area contributed by atoms with Crippen LogP contribution >= 0.6 is 15.9 Å². The lowest BCUT2D eigenvalue weighted by molar-refractivity contribution is -0.385. The number of halogens is 1. The Morgan fingerprint density at radius 2 is 0.730 bits per heavy atom. The molecule has 0 radical (unpaired) electrons. The zero-order chi connectivity index (χ0) is 26.2. The van der Waals surface area contributed by atoms with Crippen molar-refractivity contribution in [2.75, 3.05) is 0 Å². The molecular weight excluding hydrogens is 532 g/mol. The molecule has 0 aliphatic heterocycles. The highest BCUT2D eigenvalue weighted by Gasteiger charge is 2.04. The molecule has 0 atom stereocenters. The summed E-state index contributed by atoms with van der Waals surface area (Å²) in [6, 6.07) is 26.9. The zero-order valence-electron chi connectivity index (χ0n) is 19.5. The van der Waals surface area contributed by atoms with Crippen molar-refractivity contribution in [2.24, 2.45) is 0 Å². The molecule has 4 aromatic rings. The maximum atomic E-state index is 10.9. The summed E-state index contributed by atoms with van der Waals surface area (Å²) in [7, 11) is 0. The average molecular weight is 553 g/mol. The van der Waals surface area contributed by atoms with Gasteiger partial charge in [-0.2, -0.15) is 0 Å². The first kappa shape index (κ1) is 25.5. The van der Waals surface area contributed by atoms with Gasteiger partial charge < -0.3 is 0 Å². The van der Waals surface area contributed by atoms with Crippen LogP contribution < -0.4 is 0 Å². The first-order valence-electron chi connectivity index (χ1n) is 11.3. The third-order valence-electron chi connectivity index (χ3n) is 5.48. The van der Waals surface area contributed by atoms with E-state index in [-0.39, 0.29) is 11.4 Å². The predicted octanol–water partition coefficient (Wildman–Crippen LogP) is 8.78. The third-order valence-corrected chi connectivity index (χ3v) is 6.01. The van der Waals surface area contributed by atoms with Gasteiger partial charge >= 0.3 is 0 Å². The van der Waals surface area contributed by atoms with Gasteiger partial charge in [0.05, 0.1) is 9.85 Å². The minimum absolute atomic E-state index is 0.0518. The topological polar surface area (TPSA) is 86.3 Å². The molecule has 0 spiro atoms. The molecule has 0 aliphatic carbocycles. The van der Waals surface area contributed by atoms with Crippen molar-refractivity contribution in [3.8, 4) is 0 Å². The van der Waals surface area contributed by atoms with Gasteiger partial charge in [0.25, 0.3) is 11.4 Å². The molecule has 0 aliphatic rings. The second kappa shape index (κ2) is 11.9. The van der Waals surface area contributed by atoms with E-state index in [2.05, 4.69) is 28.1 Å². The SMILES string of the molecule is O=[N+]([O-])c1ccc(/C=C/c2cc(/C=C/c3ccc(Br)cc3)cc(/C=C/c3ccc([N+](=O)[O-])cc3)c2)cc1. The van der Waals surface area contributed by atoms with Gasteiger partial charge in [-0.25, -0.2) is 0 Å². The fraction of sp³-hybridized carbons (Fsp3) is 0. The number of nitrogens with zero attached hydrogens (tertiary/aromatic N) is 2. The van der Waals surface area contributed by atoms with Crippen LogP contribution in [0.25, 0.3) is 36.5 Å². The first-order chi connectivity index (χ1) is 17.9. The van der Waals surface area contributed by atoms with Gasteiger partial charge in [0, 0.05) is 28.7 Å². The van der Waals surface area contributed by atoms with Crippen molar-refractivity contribution in [3.05, 3.63) is 149 Å². The number of benzene rings is 4. The molecule has 6 nitrogen and oxygen atoms in total. The van der Waals surface area contributed by atoms with Crippen molar-refractivity contribution in [1.82, 2.24) is 0 Å². The molecule has 0 aromatic heterocycles. The normalized spacial score (nSPS) is 11.5. The van der Waals surface area contributed by atoms with Crippen LogP contribution in [0.3, 0.4) is 0 Å². The molecule has 0 heterocycles. The zero-order valence-corrected chi connectivity index (χ0v) is 21.1. The number of hydrogen-bond acceptors (Lipinski definition) is 4. The summed E-state index contributed by atoms with van der Waals surface area (Å²) in [5.41, 5.74) is 5.79. The summed E-state index contributed by atoms with van der Waals surface area (Å²) in [5, 5.41) is 21.8. The average Bonchev–Trinajstić information content (AvgIpc) is 2.91. The quantitative estimate of drug-likeness (QED) is 0.124. The maximum Gasteiger partial charge on any atom is 0.269 e. The van der Waals surface area contributed by atoms with Crippen molar-refractivity contribution < 1.29 is 9.85 Å². The lowest BCUT2D eigenvalue weighted by atomic mass is 10.0. The second-order valence-electron chi connectivity index (χ2n) is 8.18. The number of nitro benzene ring substituents is 2. The second-order valence-corrected chi connectivity index (χ2v) is 9.10. The molecule has 182 valence electrons. The molecule has 0 N–H and O–H groups in total. The van der Waals surface area contributed by atoms with E-state index in [4.69, 9.17) is 0 Å². The number of nitro groups is 2. The highest BCUT2D eigenvalue weighted by Crippen LogP contribution is 2.21. The Labute approximate surface area is 222 Å². The van der Waals surface area contributed by atoms with Gasteiger partial charge in [-0.15, -0.1) is 0 Å². The van der Waals surface area contributed by atoms with Crippen LogP contribution in [0.1, 0.15) is 33.4 Å². The van der Waals surface area contributed by atoms with Crippen molar-refractivity contribution in [2.45, 2.75) is 0 Å². The smallest absolute Gasteiger partial charge is 0.258 e. The minimum atomic E-state index is -0.418. The van der Waals surface area contributed by atoms with Crippen LogP contribution in [-0.2, 0) is 0 Å². The fourth-order valence-corrected chi connectivity index (χ4v) is 3.82.